The molecule has 0 amide bonds. The van der Waals surface area contributed by atoms with Gasteiger partial charge in [-0.2, -0.15) is 0 Å². The fourth-order valence-electron chi connectivity index (χ4n) is 1.61. The molecule has 0 aliphatic carbocycles. The Morgan fingerprint density at radius 2 is 1.95 bits per heavy atom. The van der Waals surface area contributed by atoms with Crippen molar-refractivity contribution in [2.24, 2.45) is 0 Å². The zero-order valence-corrected chi connectivity index (χ0v) is 12.4. The van der Waals surface area contributed by atoms with Crippen molar-refractivity contribution in [1.82, 2.24) is 0 Å². The molecule has 21 heavy (non-hydrogen) atoms. The summed E-state index contributed by atoms with van der Waals surface area (Å²) in [6.45, 7) is 4.06. The number of nitrogens with two attached hydrogens (primary N) is 1. The third kappa shape index (κ3) is 5.33. The van der Waals surface area contributed by atoms with Gasteiger partial charge in [-0.15, -0.1) is 0 Å². The number of nitrogen functional groups attached to an aromatic ring is 1. The Kier molecular flexibility index (Phi) is 7.08. The quantitative estimate of drug-likeness (QED) is 0.449. The van der Waals surface area contributed by atoms with Gasteiger partial charge in [0.05, 0.1) is 13.2 Å². The van der Waals surface area contributed by atoms with Gasteiger partial charge in [0, 0.05) is 5.69 Å². The van der Waals surface area contributed by atoms with E-state index in [0.717, 1.165) is 12.8 Å². The molecule has 0 saturated heterocycles. The highest BCUT2D eigenvalue weighted by molar-refractivity contribution is 5.98. The molecule has 1 aromatic rings. The second kappa shape index (κ2) is 8.84. The Balaban J connectivity index is 2.61. The van der Waals surface area contributed by atoms with Gasteiger partial charge in [-0.05, 0) is 25.5 Å². The van der Waals surface area contributed by atoms with Crippen LogP contribution in [0.2, 0.25) is 0 Å². The molecule has 0 aliphatic rings. The van der Waals surface area contributed by atoms with E-state index < -0.39 is 18.5 Å². The highest BCUT2D eigenvalue weighted by Crippen LogP contribution is 2.25. The molecular weight excluding hydrogens is 274 g/mol. The van der Waals surface area contributed by atoms with E-state index >= 15 is 0 Å². The van der Waals surface area contributed by atoms with Crippen LogP contribution in [0.4, 0.5) is 5.69 Å². The summed E-state index contributed by atoms with van der Waals surface area (Å²) in [5.41, 5.74) is 6.13. The third-order valence-electron chi connectivity index (χ3n) is 2.64. The Labute approximate surface area is 124 Å². The zero-order chi connectivity index (χ0) is 15.7. The van der Waals surface area contributed by atoms with Crippen LogP contribution in [-0.4, -0.2) is 31.8 Å². The van der Waals surface area contributed by atoms with Crippen molar-refractivity contribution in [3.8, 4) is 5.75 Å². The monoisotopic (exact) mass is 295 g/mol. The maximum Gasteiger partial charge on any atom is 0.344 e. The van der Waals surface area contributed by atoms with Gasteiger partial charge in [-0.3, -0.25) is 0 Å². The second-order valence-corrected chi connectivity index (χ2v) is 4.30. The van der Waals surface area contributed by atoms with Crippen LogP contribution in [0.3, 0.4) is 0 Å². The Morgan fingerprint density at radius 3 is 2.62 bits per heavy atom. The molecule has 0 fully saturated rings. The fraction of sp³-hybridized carbons (Fsp3) is 0.467. The molecule has 0 aromatic heterocycles. The van der Waals surface area contributed by atoms with E-state index in [1.165, 1.54) is 0 Å². The topological polar surface area (TPSA) is 87.9 Å². The van der Waals surface area contributed by atoms with E-state index in [1.54, 1.807) is 25.1 Å². The Morgan fingerprint density at radius 1 is 1.19 bits per heavy atom. The number of anilines is 1. The van der Waals surface area contributed by atoms with Crippen molar-refractivity contribution in [3.05, 3.63) is 23.8 Å². The van der Waals surface area contributed by atoms with Crippen molar-refractivity contribution in [3.63, 3.8) is 0 Å². The minimum Gasteiger partial charge on any atom is -0.493 e. The average Bonchev–Trinajstić information content (AvgIpc) is 2.45. The zero-order valence-electron chi connectivity index (χ0n) is 12.4. The summed E-state index contributed by atoms with van der Waals surface area (Å²) in [7, 11) is 0. The minimum absolute atomic E-state index is 0.126. The molecule has 2 N–H and O–H groups in total. The molecule has 0 aliphatic heterocycles. The number of carbonyl (C=O) groups excluding carboxylic acids is 2. The first-order valence-electron chi connectivity index (χ1n) is 6.94. The standard InChI is InChI=1S/C15H21NO5/c1-3-5-9-20-13(17)10-21-15(18)14-11(16)7-6-8-12(14)19-4-2/h6-8H,3-5,9-10,16H2,1-2H3. The summed E-state index contributed by atoms with van der Waals surface area (Å²) in [4.78, 5) is 23.4. The lowest BCUT2D eigenvalue weighted by molar-refractivity contribution is -0.147. The molecule has 1 rings (SSSR count). The van der Waals surface area contributed by atoms with E-state index in [9.17, 15) is 9.59 Å². The fourth-order valence-corrected chi connectivity index (χ4v) is 1.61. The predicted molar refractivity (Wildman–Crippen MR) is 78.2 cm³/mol. The van der Waals surface area contributed by atoms with Crippen molar-refractivity contribution in [2.45, 2.75) is 26.7 Å². The number of benzene rings is 1. The number of ether oxygens (including phenoxy) is 3. The van der Waals surface area contributed by atoms with Crippen molar-refractivity contribution in [2.75, 3.05) is 25.6 Å². The number of hydrogen-bond acceptors (Lipinski definition) is 6. The first-order valence-corrected chi connectivity index (χ1v) is 6.94. The van der Waals surface area contributed by atoms with Crippen molar-refractivity contribution in [1.29, 1.82) is 0 Å². The van der Waals surface area contributed by atoms with Crippen LogP contribution in [0.1, 0.15) is 37.0 Å². The molecule has 0 radical (unpaired) electrons. The molecule has 0 atom stereocenters. The molecule has 6 heteroatoms. The molecule has 0 spiro atoms. The predicted octanol–water partition coefficient (Wildman–Crippen LogP) is 2.17. The first kappa shape index (κ1) is 16.8. The van der Waals surface area contributed by atoms with Crippen LogP contribution >= 0.6 is 0 Å². The Bertz CT molecular complexity index is 487. The summed E-state index contributed by atoms with van der Waals surface area (Å²) in [6.07, 6.45) is 1.70. The number of esters is 2. The van der Waals surface area contributed by atoms with Gasteiger partial charge < -0.3 is 19.9 Å². The molecule has 116 valence electrons. The lowest BCUT2D eigenvalue weighted by Gasteiger charge is -2.12. The first-order chi connectivity index (χ1) is 10.1. The van der Waals surface area contributed by atoms with E-state index in [0.29, 0.717) is 19.0 Å². The van der Waals surface area contributed by atoms with Gasteiger partial charge in [-0.1, -0.05) is 19.4 Å². The van der Waals surface area contributed by atoms with Crippen molar-refractivity contribution >= 4 is 17.6 Å². The van der Waals surface area contributed by atoms with Crippen LogP contribution in [0.25, 0.3) is 0 Å². The van der Waals surface area contributed by atoms with Gasteiger partial charge >= 0.3 is 11.9 Å². The van der Waals surface area contributed by atoms with Gasteiger partial charge in [0.15, 0.2) is 6.61 Å². The maximum absolute atomic E-state index is 12.0. The summed E-state index contributed by atoms with van der Waals surface area (Å²) in [5, 5.41) is 0. The summed E-state index contributed by atoms with van der Waals surface area (Å²) >= 11 is 0. The van der Waals surface area contributed by atoms with E-state index in [4.69, 9.17) is 19.9 Å². The van der Waals surface area contributed by atoms with E-state index in [2.05, 4.69) is 0 Å². The smallest absolute Gasteiger partial charge is 0.344 e. The third-order valence-corrected chi connectivity index (χ3v) is 2.64. The molecule has 6 nitrogen and oxygen atoms in total. The van der Waals surface area contributed by atoms with E-state index in [1.807, 2.05) is 6.92 Å². The molecule has 0 saturated carbocycles. The summed E-state index contributed by atoms with van der Waals surface area (Å²) in [6, 6.07) is 4.87. The van der Waals surface area contributed by atoms with E-state index in [-0.39, 0.29) is 11.3 Å². The molecular formula is C15H21NO5. The summed E-state index contributed by atoms with van der Waals surface area (Å²) in [5.74, 6) is -0.949. The van der Waals surface area contributed by atoms with Gasteiger partial charge in [0.2, 0.25) is 0 Å². The molecule has 0 bridgehead atoms. The van der Waals surface area contributed by atoms with Crippen LogP contribution in [-0.2, 0) is 14.3 Å². The van der Waals surface area contributed by atoms with Gasteiger partial charge in [0.1, 0.15) is 11.3 Å². The molecule has 0 unspecified atom stereocenters. The lowest BCUT2D eigenvalue weighted by Crippen LogP contribution is -2.18. The normalized spacial score (nSPS) is 10.0. The highest BCUT2D eigenvalue weighted by atomic mass is 16.6. The Hall–Kier alpha value is -2.24. The van der Waals surface area contributed by atoms with Crippen LogP contribution in [0, 0.1) is 0 Å². The second-order valence-electron chi connectivity index (χ2n) is 4.30. The number of carbonyl (C=O) groups is 2. The van der Waals surface area contributed by atoms with Crippen LogP contribution < -0.4 is 10.5 Å². The molecule has 0 heterocycles. The van der Waals surface area contributed by atoms with Crippen molar-refractivity contribution < 1.29 is 23.8 Å². The van der Waals surface area contributed by atoms with Gasteiger partial charge in [0.25, 0.3) is 0 Å². The summed E-state index contributed by atoms with van der Waals surface area (Å²) < 4.78 is 15.1. The number of rotatable bonds is 8. The largest absolute Gasteiger partial charge is 0.493 e. The highest BCUT2D eigenvalue weighted by Gasteiger charge is 2.19. The maximum atomic E-state index is 12.0. The van der Waals surface area contributed by atoms with Crippen LogP contribution in [0.5, 0.6) is 5.75 Å². The van der Waals surface area contributed by atoms with Gasteiger partial charge in [-0.25, -0.2) is 9.59 Å². The molecule has 1 aromatic carbocycles. The van der Waals surface area contributed by atoms with Crippen LogP contribution in [0.15, 0.2) is 18.2 Å². The lowest BCUT2D eigenvalue weighted by atomic mass is 10.1. The minimum atomic E-state index is -0.705. The average molecular weight is 295 g/mol. The SMILES string of the molecule is CCCCOC(=O)COC(=O)c1c(N)cccc1OCC. The number of unbranched alkanes of at least 4 members (excludes halogenated alkanes) is 1. The number of hydrogen-bond donors (Lipinski definition) is 1.